The molecule has 0 N–H and O–H groups in total. The van der Waals surface area contributed by atoms with Gasteiger partial charge in [0.25, 0.3) is 0 Å². The molecule has 0 amide bonds. The zero-order valence-corrected chi connectivity index (χ0v) is 11.8. The number of aryl methyl sites for hydroxylation is 1. The van der Waals surface area contributed by atoms with E-state index in [0.29, 0.717) is 0 Å². The minimum absolute atomic E-state index is 0.937. The number of rotatable bonds is 2. The van der Waals surface area contributed by atoms with Crippen LogP contribution in [0.3, 0.4) is 0 Å². The molecular formula is C17H26. The van der Waals surface area contributed by atoms with Gasteiger partial charge in [-0.3, -0.25) is 0 Å². The highest BCUT2D eigenvalue weighted by atomic mass is 14.2. The van der Waals surface area contributed by atoms with Crippen molar-refractivity contribution in [1.82, 2.24) is 0 Å². The maximum absolute atomic E-state index is 2.40. The third kappa shape index (κ3) is 2.91. The highest BCUT2D eigenvalue weighted by Gasteiger charge is 2.19. The third-order valence-corrected chi connectivity index (χ3v) is 4.81. The van der Waals surface area contributed by atoms with Crippen molar-refractivity contribution in [2.45, 2.75) is 59.8 Å². The number of benzene rings is 1. The Morgan fingerprint density at radius 3 is 2.24 bits per heavy atom. The molecule has 0 heteroatoms. The zero-order valence-electron chi connectivity index (χ0n) is 11.8. The lowest BCUT2D eigenvalue weighted by atomic mass is 9.79. The normalized spacial score (nSPS) is 24.9. The Kier molecular flexibility index (Phi) is 3.91. The molecule has 94 valence electrons. The van der Waals surface area contributed by atoms with Gasteiger partial charge in [0.05, 0.1) is 0 Å². The summed E-state index contributed by atoms with van der Waals surface area (Å²) in [6, 6.07) is 4.65. The van der Waals surface area contributed by atoms with Crippen LogP contribution in [0.25, 0.3) is 0 Å². The topological polar surface area (TPSA) is 0 Å². The van der Waals surface area contributed by atoms with Gasteiger partial charge in [-0.1, -0.05) is 31.9 Å². The largest absolute Gasteiger partial charge is 0.0625 e. The Morgan fingerprint density at radius 2 is 1.59 bits per heavy atom. The van der Waals surface area contributed by atoms with E-state index in [1.807, 2.05) is 0 Å². The fourth-order valence-corrected chi connectivity index (χ4v) is 3.08. The van der Waals surface area contributed by atoms with E-state index < -0.39 is 0 Å². The Balaban J connectivity index is 2.06. The summed E-state index contributed by atoms with van der Waals surface area (Å²) in [6.07, 6.45) is 7.06. The SMILES string of the molecule is Cc1ccc(CC2CCC(C)CC2)c(C)c1C. The molecule has 0 nitrogen and oxygen atoms in total. The fraction of sp³-hybridized carbons (Fsp3) is 0.647. The first kappa shape index (κ1) is 12.7. The summed E-state index contributed by atoms with van der Waals surface area (Å²) in [5.74, 6) is 1.90. The maximum atomic E-state index is 2.40. The van der Waals surface area contributed by atoms with Crippen molar-refractivity contribution >= 4 is 0 Å². The van der Waals surface area contributed by atoms with Gasteiger partial charge in [-0.05, 0) is 74.1 Å². The van der Waals surface area contributed by atoms with E-state index in [1.165, 1.54) is 48.8 Å². The van der Waals surface area contributed by atoms with Gasteiger partial charge in [-0.15, -0.1) is 0 Å². The number of hydrogen-bond acceptors (Lipinski definition) is 0. The summed E-state index contributed by atoms with van der Waals surface area (Å²) >= 11 is 0. The van der Waals surface area contributed by atoms with Crippen molar-refractivity contribution in [1.29, 1.82) is 0 Å². The van der Waals surface area contributed by atoms with Gasteiger partial charge in [0, 0.05) is 0 Å². The van der Waals surface area contributed by atoms with Crippen LogP contribution < -0.4 is 0 Å². The molecule has 0 atom stereocenters. The molecule has 1 aromatic rings. The van der Waals surface area contributed by atoms with Crippen LogP contribution in [-0.2, 0) is 6.42 Å². The molecule has 0 saturated heterocycles. The van der Waals surface area contributed by atoms with E-state index in [2.05, 4.69) is 39.8 Å². The Bertz CT molecular complexity index is 381. The second kappa shape index (κ2) is 5.25. The first-order chi connectivity index (χ1) is 8.08. The van der Waals surface area contributed by atoms with Gasteiger partial charge in [0.2, 0.25) is 0 Å². The summed E-state index contributed by atoms with van der Waals surface area (Å²) in [4.78, 5) is 0. The predicted octanol–water partition coefficient (Wildman–Crippen LogP) is 4.98. The molecule has 1 fully saturated rings. The molecule has 17 heavy (non-hydrogen) atoms. The van der Waals surface area contributed by atoms with Crippen LogP contribution in [0.2, 0.25) is 0 Å². The minimum Gasteiger partial charge on any atom is -0.0625 e. The van der Waals surface area contributed by atoms with Crippen molar-refractivity contribution in [3.8, 4) is 0 Å². The molecule has 1 aromatic carbocycles. The summed E-state index contributed by atoms with van der Waals surface area (Å²) < 4.78 is 0. The minimum atomic E-state index is 0.937. The zero-order chi connectivity index (χ0) is 12.4. The van der Waals surface area contributed by atoms with E-state index >= 15 is 0 Å². The molecule has 2 rings (SSSR count). The Labute approximate surface area is 106 Å². The van der Waals surface area contributed by atoms with Crippen molar-refractivity contribution in [3.63, 3.8) is 0 Å². The standard InChI is InChI=1S/C17H26/c1-12-5-8-16(9-6-12)11-17-10-7-13(2)14(3)15(17)4/h7,10,12,16H,5-6,8-9,11H2,1-4H3. The Hall–Kier alpha value is -0.780. The lowest BCUT2D eigenvalue weighted by Crippen LogP contribution is -2.15. The first-order valence-electron chi connectivity index (χ1n) is 7.13. The smallest absolute Gasteiger partial charge is 0.0248 e. The molecule has 0 bridgehead atoms. The number of hydrogen-bond donors (Lipinski definition) is 0. The molecule has 0 aliphatic heterocycles. The van der Waals surface area contributed by atoms with E-state index in [1.54, 1.807) is 5.56 Å². The van der Waals surface area contributed by atoms with Gasteiger partial charge >= 0.3 is 0 Å². The molecular weight excluding hydrogens is 204 g/mol. The van der Waals surface area contributed by atoms with Crippen LogP contribution in [0.1, 0.15) is 54.9 Å². The van der Waals surface area contributed by atoms with Gasteiger partial charge in [0.1, 0.15) is 0 Å². The quantitative estimate of drug-likeness (QED) is 0.672. The molecule has 0 heterocycles. The molecule has 1 saturated carbocycles. The third-order valence-electron chi connectivity index (χ3n) is 4.81. The van der Waals surface area contributed by atoms with Crippen molar-refractivity contribution in [3.05, 3.63) is 34.4 Å². The second-order valence-electron chi connectivity index (χ2n) is 6.12. The van der Waals surface area contributed by atoms with Crippen LogP contribution in [0, 0.1) is 32.6 Å². The predicted molar refractivity (Wildman–Crippen MR) is 75.5 cm³/mol. The van der Waals surface area contributed by atoms with E-state index in [-0.39, 0.29) is 0 Å². The lowest BCUT2D eigenvalue weighted by Gasteiger charge is -2.27. The summed E-state index contributed by atoms with van der Waals surface area (Å²) in [5, 5.41) is 0. The van der Waals surface area contributed by atoms with Crippen LogP contribution in [0.15, 0.2) is 12.1 Å². The van der Waals surface area contributed by atoms with Crippen LogP contribution >= 0.6 is 0 Å². The van der Waals surface area contributed by atoms with Crippen LogP contribution in [0.4, 0.5) is 0 Å². The highest BCUT2D eigenvalue weighted by molar-refractivity contribution is 5.38. The summed E-state index contributed by atoms with van der Waals surface area (Å²) in [6.45, 7) is 9.17. The van der Waals surface area contributed by atoms with Gasteiger partial charge in [-0.25, -0.2) is 0 Å². The summed E-state index contributed by atoms with van der Waals surface area (Å²) in [5.41, 5.74) is 6.05. The lowest BCUT2D eigenvalue weighted by molar-refractivity contribution is 0.288. The van der Waals surface area contributed by atoms with Gasteiger partial charge < -0.3 is 0 Å². The van der Waals surface area contributed by atoms with E-state index in [9.17, 15) is 0 Å². The average molecular weight is 230 g/mol. The maximum Gasteiger partial charge on any atom is -0.0248 e. The Morgan fingerprint density at radius 1 is 0.941 bits per heavy atom. The second-order valence-corrected chi connectivity index (χ2v) is 6.12. The van der Waals surface area contributed by atoms with Crippen molar-refractivity contribution < 1.29 is 0 Å². The molecule has 0 aromatic heterocycles. The first-order valence-corrected chi connectivity index (χ1v) is 7.13. The monoisotopic (exact) mass is 230 g/mol. The van der Waals surface area contributed by atoms with Crippen molar-refractivity contribution in [2.24, 2.45) is 11.8 Å². The molecule has 0 unspecified atom stereocenters. The molecule has 0 radical (unpaired) electrons. The van der Waals surface area contributed by atoms with Crippen LogP contribution in [0.5, 0.6) is 0 Å². The molecule has 1 aliphatic rings. The van der Waals surface area contributed by atoms with Gasteiger partial charge in [0.15, 0.2) is 0 Å². The fourth-order valence-electron chi connectivity index (χ4n) is 3.08. The van der Waals surface area contributed by atoms with E-state index in [4.69, 9.17) is 0 Å². The molecule has 1 aliphatic carbocycles. The average Bonchev–Trinajstić information content (AvgIpc) is 2.33. The van der Waals surface area contributed by atoms with Crippen LogP contribution in [-0.4, -0.2) is 0 Å². The van der Waals surface area contributed by atoms with Crippen molar-refractivity contribution in [2.75, 3.05) is 0 Å². The molecule has 0 spiro atoms. The highest BCUT2D eigenvalue weighted by Crippen LogP contribution is 2.31. The van der Waals surface area contributed by atoms with E-state index in [0.717, 1.165) is 11.8 Å². The van der Waals surface area contributed by atoms with Gasteiger partial charge in [-0.2, -0.15) is 0 Å². The summed E-state index contributed by atoms with van der Waals surface area (Å²) in [7, 11) is 0.